The summed E-state index contributed by atoms with van der Waals surface area (Å²) in [5.74, 6) is 0.0701. The van der Waals surface area contributed by atoms with E-state index < -0.39 is 0 Å². The molecule has 1 heterocycles. The largest absolute Gasteiger partial charge is 0.372 e. The van der Waals surface area contributed by atoms with Gasteiger partial charge in [0.25, 0.3) is 0 Å². The summed E-state index contributed by atoms with van der Waals surface area (Å²) in [5, 5.41) is 3.85. The molecule has 1 amide bonds. The number of nitrogens with one attached hydrogen (secondary N) is 1. The summed E-state index contributed by atoms with van der Waals surface area (Å²) in [6, 6.07) is 3.75. The second-order valence-corrected chi connectivity index (χ2v) is 4.55. The Hall–Kier alpha value is -1.22. The number of halogens is 1. The monoisotopic (exact) mass is 238 g/mol. The molecule has 1 aliphatic rings. The highest BCUT2D eigenvalue weighted by Gasteiger charge is 2.30. The summed E-state index contributed by atoms with van der Waals surface area (Å²) in [7, 11) is 1.77. The second kappa shape index (κ2) is 3.98. The normalized spacial score (nSPS) is 19.4. The number of nitrogens with zero attached hydrogens (tertiary/aromatic N) is 1. The molecular weight excluding hydrogens is 224 g/mol. The zero-order chi connectivity index (χ0) is 11.9. The number of fused-ring (bicyclic) bond motifs is 1. The Morgan fingerprint density at radius 3 is 2.81 bits per heavy atom. The fourth-order valence-corrected chi connectivity index (χ4v) is 2.46. The van der Waals surface area contributed by atoms with Gasteiger partial charge in [0.1, 0.15) is 6.04 Å². The van der Waals surface area contributed by atoms with Crippen molar-refractivity contribution in [1.82, 2.24) is 0 Å². The summed E-state index contributed by atoms with van der Waals surface area (Å²) in [6.07, 6.45) is 0.772. The van der Waals surface area contributed by atoms with Crippen LogP contribution < -0.4 is 10.2 Å². The first kappa shape index (κ1) is 11.3. The fraction of sp³-hybridized carbons (Fsp3) is 0.417. The van der Waals surface area contributed by atoms with Crippen LogP contribution in [0.3, 0.4) is 0 Å². The van der Waals surface area contributed by atoms with Crippen LogP contribution in [0.1, 0.15) is 18.9 Å². The number of hydrogen-bond acceptors (Lipinski definition) is 2. The molecule has 0 fully saturated rings. The molecule has 4 heteroatoms. The smallest absolute Gasteiger partial charge is 0.249 e. The summed E-state index contributed by atoms with van der Waals surface area (Å²) in [4.78, 5) is 13.6. The molecule has 16 heavy (non-hydrogen) atoms. The lowest BCUT2D eigenvalue weighted by Crippen LogP contribution is -2.45. The highest BCUT2D eigenvalue weighted by Crippen LogP contribution is 2.38. The van der Waals surface area contributed by atoms with Gasteiger partial charge in [-0.25, -0.2) is 0 Å². The molecule has 86 valence electrons. The van der Waals surface area contributed by atoms with Crippen LogP contribution in [0.4, 0.5) is 11.4 Å². The van der Waals surface area contributed by atoms with E-state index in [4.69, 9.17) is 11.6 Å². The number of likely N-dealkylation sites (N-methyl/N-ethyl adjacent to an activating group) is 1. The molecule has 1 atom stereocenters. The number of hydrogen-bond donors (Lipinski definition) is 1. The lowest BCUT2D eigenvalue weighted by atomic mass is 10.1. The molecule has 1 aliphatic heterocycles. The van der Waals surface area contributed by atoms with E-state index in [0.717, 1.165) is 23.4 Å². The van der Waals surface area contributed by atoms with Gasteiger partial charge in [-0.3, -0.25) is 4.79 Å². The van der Waals surface area contributed by atoms with Crippen LogP contribution in [0, 0.1) is 6.92 Å². The van der Waals surface area contributed by atoms with E-state index in [1.807, 2.05) is 26.0 Å². The van der Waals surface area contributed by atoms with Gasteiger partial charge in [-0.05, 0) is 31.0 Å². The van der Waals surface area contributed by atoms with Crippen LogP contribution in [0.5, 0.6) is 0 Å². The lowest BCUT2D eigenvalue weighted by Gasteiger charge is -2.33. The van der Waals surface area contributed by atoms with E-state index in [2.05, 4.69) is 5.32 Å². The van der Waals surface area contributed by atoms with Crippen molar-refractivity contribution in [3.05, 3.63) is 22.7 Å². The SMILES string of the molecule is CCC1Nc2cc(C)cc(Cl)c2N(C)C1=O. The van der Waals surface area contributed by atoms with E-state index >= 15 is 0 Å². The molecule has 0 aromatic heterocycles. The Bertz CT molecular complexity index is 445. The first-order valence-electron chi connectivity index (χ1n) is 5.38. The van der Waals surface area contributed by atoms with Gasteiger partial charge in [0.2, 0.25) is 5.91 Å². The van der Waals surface area contributed by atoms with E-state index in [1.54, 1.807) is 11.9 Å². The van der Waals surface area contributed by atoms with Crippen molar-refractivity contribution in [3.8, 4) is 0 Å². The fourth-order valence-electron chi connectivity index (χ4n) is 2.06. The first-order chi connectivity index (χ1) is 7.54. The number of rotatable bonds is 1. The number of carbonyl (C=O) groups excluding carboxylic acids is 1. The molecule has 0 bridgehead atoms. The van der Waals surface area contributed by atoms with Crippen LogP contribution in [-0.2, 0) is 4.79 Å². The molecular formula is C12H15ClN2O. The summed E-state index contributed by atoms with van der Waals surface area (Å²) in [6.45, 7) is 3.98. The molecule has 1 aromatic rings. The minimum atomic E-state index is -0.143. The maximum Gasteiger partial charge on any atom is 0.249 e. The summed E-state index contributed by atoms with van der Waals surface area (Å²) in [5.41, 5.74) is 2.81. The Kier molecular flexibility index (Phi) is 2.80. The Balaban J connectivity index is 2.54. The van der Waals surface area contributed by atoms with Gasteiger partial charge in [-0.2, -0.15) is 0 Å². The predicted octanol–water partition coefficient (Wildman–Crippen LogP) is 2.82. The minimum Gasteiger partial charge on any atom is -0.372 e. The van der Waals surface area contributed by atoms with Crippen LogP contribution >= 0.6 is 11.6 Å². The second-order valence-electron chi connectivity index (χ2n) is 4.15. The quantitative estimate of drug-likeness (QED) is 0.816. The van der Waals surface area contributed by atoms with Gasteiger partial charge >= 0.3 is 0 Å². The molecule has 3 nitrogen and oxygen atoms in total. The van der Waals surface area contributed by atoms with Gasteiger partial charge in [0.15, 0.2) is 0 Å². The Morgan fingerprint density at radius 1 is 1.50 bits per heavy atom. The van der Waals surface area contributed by atoms with Gasteiger partial charge < -0.3 is 10.2 Å². The zero-order valence-corrected chi connectivity index (χ0v) is 10.4. The number of amides is 1. The van der Waals surface area contributed by atoms with Crippen molar-refractivity contribution in [2.45, 2.75) is 26.3 Å². The molecule has 1 aromatic carbocycles. The number of carbonyl (C=O) groups is 1. The van der Waals surface area contributed by atoms with Crippen molar-refractivity contribution >= 4 is 28.9 Å². The highest BCUT2D eigenvalue weighted by molar-refractivity contribution is 6.35. The van der Waals surface area contributed by atoms with Gasteiger partial charge in [0.05, 0.1) is 16.4 Å². The number of benzene rings is 1. The average molecular weight is 239 g/mol. The molecule has 2 rings (SSSR count). The standard InChI is InChI=1S/C12H15ClN2O/c1-4-9-12(16)15(3)11-8(13)5-7(2)6-10(11)14-9/h5-6,9,14H,4H2,1-3H3. The minimum absolute atomic E-state index is 0.0701. The van der Waals surface area contributed by atoms with Crippen molar-refractivity contribution in [2.75, 3.05) is 17.3 Å². The third kappa shape index (κ3) is 1.65. The Morgan fingerprint density at radius 2 is 2.19 bits per heavy atom. The van der Waals surface area contributed by atoms with Crippen molar-refractivity contribution in [2.24, 2.45) is 0 Å². The van der Waals surface area contributed by atoms with E-state index in [1.165, 1.54) is 0 Å². The lowest BCUT2D eigenvalue weighted by molar-refractivity contribution is -0.119. The number of aryl methyl sites for hydroxylation is 1. The van der Waals surface area contributed by atoms with Crippen molar-refractivity contribution in [1.29, 1.82) is 0 Å². The molecule has 0 radical (unpaired) electrons. The van der Waals surface area contributed by atoms with Crippen LogP contribution in [0.15, 0.2) is 12.1 Å². The highest BCUT2D eigenvalue weighted by atomic mass is 35.5. The maximum absolute atomic E-state index is 12.0. The molecule has 1 N–H and O–H groups in total. The third-order valence-corrected chi connectivity index (χ3v) is 3.20. The third-order valence-electron chi connectivity index (χ3n) is 2.91. The van der Waals surface area contributed by atoms with Crippen LogP contribution in [0.2, 0.25) is 5.02 Å². The van der Waals surface area contributed by atoms with E-state index in [0.29, 0.717) is 5.02 Å². The van der Waals surface area contributed by atoms with Gasteiger partial charge in [-0.15, -0.1) is 0 Å². The van der Waals surface area contributed by atoms with Gasteiger partial charge in [-0.1, -0.05) is 18.5 Å². The van der Waals surface area contributed by atoms with Crippen LogP contribution in [-0.4, -0.2) is 19.0 Å². The van der Waals surface area contributed by atoms with E-state index in [-0.39, 0.29) is 11.9 Å². The molecule has 0 aliphatic carbocycles. The summed E-state index contributed by atoms with van der Waals surface area (Å²) >= 11 is 6.16. The van der Waals surface area contributed by atoms with E-state index in [9.17, 15) is 4.79 Å². The number of anilines is 2. The zero-order valence-electron chi connectivity index (χ0n) is 9.67. The summed E-state index contributed by atoms with van der Waals surface area (Å²) < 4.78 is 0. The predicted molar refractivity (Wildman–Crippen MR) is 67.3 cm³/mol. The van der Waals surface area contributed by atoms with Crippen LogP contribution in [0.25, 0.3) is 0 Å². The molecule has 1 unspecified atom stereocenters. The van der Waals surface area contributed by atoms with Gasteiger partial charge in [0, 0.05) is 7.05 Å². The molecule has 0 saturated heterocycles. The van der Waals surface area contributed by atoms with Crippen molar-refractivity contribution in [3.63, 3.8) is 0 Å². The Labute approximate surface area is 100 Å². The molecule has 0 spiro atoms. The first-order valence-corrected chi connectivity index (χ1v) is 5.76. The maximum atomic E-state index is 12.0. The average Bonchev–Trinajstić information content (AvgIpc) is 2.22. The van der Waals surface area contributed by atoms with Crippen molar-refractivity contribution < 1.29 is 4.79 Å². The molecule has 0 saturated carbocycles. The topological polar surface area (TPSA) is 32.3 Å².